The minimum Gasteiger partial charge on any atom is -0.0761 e. The summed E-state index contributed by atoms with van der Waals surface area (Å²) in [6.45, 7) is 9.41. The van der Waals surface area contributed by atoms with E-state index in [2.05, 4.69) is 52.0 Å². The quantitative estimate of drug-likeness (QED) is 0.657. The SMILES string of the molecule is CC(C)C1C=Cc2cc3c(cc21)CC(C)(C)C3. The van der Waals surface area contributed by atoms with Crippen molar-refractivity contribution in [3.63, 3.8) is 0 Å². The van der Waals surface area contributed by atoms with Crippen LogP contribution in [-0.4, -0.2) is 0 Å². The maximum atomic E-state index is 2.49. The van der Waals surface area contributed by atoms with Crippen LogP contribution >= 0.6 is 0 Å². The second kappa shape index (κ2) is 3.48. The Balaban J connectivity index is 2.05. The van der Waals surface area contributed by atoms with E-state index in [-0.39, 0.29) is 0 Å². The molecule has 1 unspecified atom stereocenters. The van der Waals surface area contributed by atoms with Crippen molar-refractivity contribution in [2.45, 2.75) is 46.5 Å². The Bertz CT molecular complexity index is 489. The van der Waals surface area contributed by atoms with Gasteiger partial charge in [-0.1, -0.05) is 52.0 Å². The highest BCUT2D eigenvalue weighted by atomic mass is 14.4. The molecule has 0 saturated heterocycles. The number of benzene rings is 1. The average molecular weight is 226 g/mol. The van der Waals surface area contributed by atoms with E-state index in [0.717, 1.165) is 0 Å². The third-order valence-electron chi connectivity index (χ3n) is 4.30. The number of hydrogen-bond acceptors (Lipinski definition) is 0. The predicted octanol–water partition coefficient (Wildman–Crippen LogP) is 4.58. The first-order chi connectivity index (χ1) is 7.96. The highest BCUT2D eigenvalue weighted by Gasteiger charge is 2.31. The molecule has 0 aliphatic heterocycles. The summed E-state index contributed by atoms with van der Waals surface area (Å²) < 4.78 is 0. The molecule has 0 heteroatoms. The standard InChI is InChI=1S/C17H22/c1-11(2)15-6-5-12-7-13-9-17(3,4)10-14(13)8-16(12)15/h5-8,11,15H,9-10H2,1-4H3. The zero-order valence-corrected chi connectivity index (χ0v) is 11.4. The monoisotopic (exact) mass is 226 g/mol. The molecule has 0 fully saturated rings. The van der Waals surface area contributed by atoms with E-state index in [0.29, 0.717) is 17.3 Å². The molecule has 2 aliphatic rings. The lowest BCUT2D eigenvalue weighted by Crippen LogP contribution is -2.09. The van der Waals surface area contributed by atoms with Crippen LogP contribution < -0.4 is 0 Å². The summed E-state index contributed by atoms with van der Waals surface area (Å²) in [6, 6.07) is 4.93. The fourth-order valence-electron chi connectivity index (χ4n) is 3.48. The molecule has 3 rings (SSSR count). The zero-order chi connectivity index (χ0) is 12.2. The summed E-state index contributed by atoms with van der Waals surface area (Å²) in [7, 11) is 0. The van der Waals surface area contributed by atoms with Crippen LogP contribution in [0.4, 0.5) is 0 Å². The van der Waals surface area contributed by atoms with Crippen LogP contribution in [0.1, 0.15) is 55.9 Å². The first-order valence-corrected chi connectivity index (χ1v) is 6.80. The minimum absolute atomic E-state index is 0.467. The van der Waals surface area contributed by atoms with Gasteiger partial charge in [0.05, 0.1) is 0 Å². The number of hydrogen-bond donors (Lipinski definition) is 0. The van der Waals surface area contributed by atoms with Crippen molar-refractivity contribution in [3.8, 4) is 0 Å². The molecule has 0 aromatic heterocycles. The molecule has 90 valence electrons. The van der Waals surface area contributed by atoms with E-state index < -0.39 is 0 Å². The van der Waals surface area contributed by atoms with Gasteiger partial charge in [0.1, 0.15) is 0 Å². The molecule has 0 heterocycles. The lowest BCUT2D eigenvalue weighted by atomic mass is 9.88. The van der Waals surface area contributed by atoms with Crippen molar-refractivity contribution in [1.82, 2.24) is 0 Å². The Morgan fingerprint density at radius 1 is 1.12 bits per heavy atom. The third-order valence-corrected chi connectivity index (χ3v) is 4.30. The van der Waals surface area contributed by atoms with Gasteiger partial charge in [-0.25, -0.2) is 0 Å². The Morgan fingerprint density at radius 2 is 1.76 bits per heavy atom. The van der Waals surface area contributed by atoms with Gasteiger partial charge in [0.2, 0.25) is 0 Å². The Labute approximate surface area is 105 Å². The van der Waals surface area contributed by atoms with Crippen molar-refractivity contribution in [3.05, 3.63) is 40.5 Å². The van der Waals surface area contributed by atoms with Crippen LogP contribution in [0.2, 0.25) is 0 Å². The fraction of sp³-hybridized carbons (Fsp3) is 0.529. The van der Waals surface area contributed by atoms with Gasteiger partial charge in [-0.3, -0.25) is 0 Å². The van der Waals surface area contributed by atoms with Gasteiger partial charge < -0.3 is 0 Å². The van der Waals surface area contributed by atoms with Gasteiger partial charge in [-0.2, -0.15) is 0 Å². The zero-order valence-electron chi connectivity index (χ0n) is 11.4. The van der Waals surface area contributed by atoms with E-state index in [1.165, 1.54) is 18.4 Å². The van der Waals surface area contributed by atoms with Crippen LogP contribution in [0.3, 0.4) is 0 Å². The molecule has 2 aliphatic carbocycles. The summed E-state index contributed by atoms with van der Waals surface area (Å²) in [6.07, 6.45) is 7.21. The molecule has 0 bridgehead atoms. The molecular weight excluding hydrogens is 204 g/mol. The summed E-state index contributed by atoms with van der Waals surface area (Å²) >= 11 is 0. The van der Waals surface area contributed by atoms with Crippen LogP contribution in [-0.2, 0) is 12.8 Å². The lowest BCUT2D eigenvalue weighted by Gasteiger charge is -2.16. The molecule has 0 saturated carbocycles. The molecule has 0 spiro atoms. The van der Waals surface area contributed by atoms with Crippen LogP contribution in [0, 0.1) is 11.3 Å². The first-order valence-electron chi connectivity index (χ1n) is 6.80. The summed E-state index contributed by atoms with van der Waals surface area (Å²) in [4.78, 5) is 0. The maximum absolute atomic E-state index is 2.49. The summed E-state index contributed by atoms with van der Waals surface area (Å²) in [5.41, 5.74) is 6.69. The molecule has 0 nitrogen and oxygen atoms in total. The average Bonchev–Trinajstić information content (AvgIpc) is 2.71. The smallest absolute Gasteiger partial charge is 0.00503 e. The van der Waals surface area contributed by atoms with Gasteiger partial charge in [-0.15, -0.1) is 0 Å². The second-order valence-electron chi connectivity index (χ2n) is 6.90. The van der Waals surface area contributed by atoms with Crippen LogP contribution in [0.25, 0.3) is 6.08 Å². The van der Waals surface area contributed by atoms with Gasteiger partial charge in [-0.05, 0) is 46.4 Å². The van der Waals surface area contributed by atoms with E-state index in [9.17, 15) is 0 Å². The lowest BCUT2D eigenvalue weighted by molar-refractivity contribution is 0.392. The molecule has 0 N–H and O–H groups in total. The van der Waals surface area contributed by atoms with Gasteiger partial charge in [0.25, 0.3) is 0 Å². The van der Waals surface area contributed by atoms with Crippen molar-refractivity contribution in [1.29, 1.82) is 0 Å². The number of allylic oxidation sites excluding steroid dienone is 1. The number of rotatable bonds is 1. The highest BCUT2D eigenvalue weighted by Crippen LogP contribution is 2.42. The Hall–Kier alpha value is -1.04. The molecule has 1 aromatic carbocycles. The molecule has 17 heavy (non-hydrogen) atoms. The topological polar surface area (TPSA) is 0 Å². The van der Waals surface area contributed by atoms with Crippen molar-refractivity contribution < 1.29 is 0 Å². The van der Waals surface area contributed by atoms with Crippen molar-refractivity contribution in [2.24, 2.45) is 11.3 Å². The first kappa shape index (κ1) is 11.1. The van der Waals surface area contributed by atoms with Gasteiger partial charge in [0.15, 0.2) is 0 Å². The molecule has 1 atom stereocenters. The third kappa shape index (κ3) is 1.74. The van der Waals surface area contributed by atoms with Crippen LogP contribution in [0.15, 0.2) is 18.2 Å². The Morgan fingerprint density at radius 3 is 2.41 bits per heavy atom. The minimum atomic E-state index is 0.467. The Kier molecular flexibility index (Phi) is 2.26. The van der Waals surface area contributed by atoms with E-state index in [1.807, 2.05) is 0 Å². The highest BCUT2D eigenvalue weighted by molar-refractivity contribution is 5.65. The van der Waals surface area contributed by atoms with E-state index in [1.54, 1.807) is 16.7 Å². The number of fused-ring (bicyclic) bond motifs is 2. The molecular formula is C17H22. The van der Waals surface area contributed by atoms with E-state index in [4.69, 9.17) is 0 Å². The van der Waals surface area contributed by atoms with Crippen LogP contribution in [0.5, 0.6) is 0 Å². The molecule has 1 aromatic rings. The predicted molar refractivity (Wildman–Crippen MR) is 74.2 cm³/mol. The van der Waals surface area contributed by atoms with E-state index >= 15 is 0 Å². The molecule has 0 radical (unpaired) electrons. The molecule has 0 amide bonds. The summed E-state index contributed by atoms with van der Waals surface area (Å²) in [5.74, 6) is 1.35. The van der Waals surface area contributed by atoms with Crippen molar-refractivity contribution in [2.75, 3.05) is 0 Å². The van der Waals surface area contributed by atoms with Crippen molar-refractivity contribution >= 4 is 6.08 Å². The maximum Gasteiger partial charge on any atom is 0.00503 e. The second-order valence-corrected chi connectivity index (χ2v) is 6.90. The normalized spacial score (nSPS) is 24.2. The largest absolute Gasteiger partial charge is 0.0761 e. The fourth-order valence-corrected chi connectivity index (χ4v) is 3.48. The summed E-state index contributed by atoms with van der Waals surface area (Å²) in [5, 5.41) is 0. The van der Waals surface area contributed by atoms with Gasteiger partial charge in [0, 0.05) is 5.92 Å². The van der Waals surface area contributed by atoms with Gasteiger partial charge >= 0.3 is 0 Å².